The highest BCUT2D eigenvalue weighted by atomic mass is 19.1. The fourth-order valence-corrected chi connectivity index (χ4v) is 2.98. The zero-order chi connectivity index (χ0) is 17.6. The molecule has 0 aliphatic heterocycles. The van der Waals surface area contributed by atoms with Gasteiger partial charge < -0.3 is 14.8 Å². The van der Waals surface area contributed by atoms with Crippen molar-refractivity contribution < 1.29 is 13.9 Å². The van der Waals surface area contributed by atoms with Crippen molar-refractivity contribution >= 4 is 0 Å². The third kappa shape index (κ3) is 5.20. The molecule has 0 spiro atoms. The van der Waals surface area contributed by atoms with Crippen LogP contribution in [0, 0.1) is 17.7 Å². The monoisotopic (exact) mass is 343 g/mol. The van der Waals surface area contributed by atoms with E-state index in [9.17, 15) is 4.39 Å². The van der Waals surface area contributed by atoms with Crippen molar-refractivity contribution in [3.05, 3.63) is 59.4 Å². The van der Waals surface area contributed by atoms with E-state index in [0.717, 1.165) is 36.9 Å². The van der Waals surface area contributed by atoms with E-state index in [1.165, 1.54) is 24.1 Å². The molecule has 0 radical (unpaired) electrons. The largest absolute Gasteiger partial charge is 0.493 e. The second-order valence-corrected chi connectivity index (χ2v) is 6.83. The van der Waals surface area contributed by atoms with E-state index in [0.29, 0.717) is 18.1 Å². The van der Waals surface area contributed by atoms with Gasteiger partial charge in [-0.15, -0.1) is 0 Å². The maximum absolute atomic E-state index is 13.2. The van der Waals surface area contributed by atoms with Crippen molar-refractivity contribution in [1.82, 2.24) is 5.32 Å². The van der Waals surface area contributed by atoms with Crippen LogP contribution in [-0.4, -0.2) is 20.2 Å². The first-order valence-electron chi connectivity index (χ1n) is 8.90. The third-order valence-corrected chi connectivity index (χ3v) is 4.78. The van der Waals surface area contributed by atoms with Crippen LogP contribution in [-0.2, 0) is 13.0 Å². The lowest BCUT2D eigenvalue weighted by Gasteiger charge is -2.13. The topological polar surface area (TPSA) is 30.5 Å². The highest BCUT2D eigenvalue weighted by molar-refractivity contribution is 5.43. The van der Waals surface area contributed by atoms with Crippen LogP contribution in [0.25, 0.3) is 0 Å². The zero-order valence-electron chi connectivity index (χ0n) is 14.9. The first-order valence-corrected chi connectivity index (χ1v) is 8.90. The second-order valence-electron chi connectivity index (χ2n) is 6.83. The van der Waals surface area contributed by atoms with E-state index >= 15 is 0 Å². The number of benzene rings is 2. The Morgan fingerprint density at radius 3 is 2.68 bits per heavy atom. The van der Waals surface area contributed by atoms with Gasteiger partial charge in [-0.2, -0.15) is 0 Å². The molecule has 0 bridgehead atoms. The molecule has 2 aromatic carbocycles. The molecule has 134 valence electrons. The molecule has 1 N–H and O–H groups in total. The molecule has 0 saturated heterocycles. The predicted molar refractivity (Wildman–Crippen MR) is 97.6 cm³/mol. The molecule has 2 atom stereocenters. The van der Waals surface area contributed by atoms with Gasteiger partial charge in [-0.25, -0.2) is 4.39 Å². The Balaban J connectivity index is 1.51. The van der Waals surface area contributed by atoms with Crippen LogP contribution in [0.1, 0.15) is 24.5 Å². The van der Waals surface area contributed by atoms with E-state index in [-0.39, 0.29) is 5.82 Å². The molecule has 0 amide bonds. The highest BCUT2D eigenvalue weighted by Gasteiger charge is 2.31. The summed E-state index contributed by atoms with van der Waals surface area (Å²) in [4.78, 5) is 0. The molecule has 1 aliphatic rings. The molecule has 2 unspecified atom stereocenters. The lowest BCUT2D eigenvalue weighted by Crippen LogP contribution is -2.20. The Morgan fingerprint density at radius 2 is 1.96 bits per heavy atom. The molecule has 25 heavy (non-hydrogen) atoms. The van der Waals surface area contributed by atoms with E-state index in [2.05, 4.69) is 18.3 Å². The molecule has 1 saturated carbocycles. The first kappa shape index (κ1) is 17.7. The summed E-state index contributed by atoms with van der Waals surface area (Å²) in [5.74, 6) is 2.90. The lowest BCUT2D eigenvalue weighted by molar-refractivity contribution is 0.284. The smallest absolute Gasteiger partial charge is 0.161 e. The van der Waals surface area contributed by atoms with Gasteiger partial charge in [-0.1, -0.05) is 25.1 Å². The van der Waals surface area contributed by atoms with Gasteiger partial charge in [0.1, 0.15) is 12.4 Å². The van der Waals surface area contributed by atoms with E-state index < -0.39 is 0 Å². The Morgan fingerprint density at radius 1 is 1.12 bits per heavy atom. The van der Waals surface area contributed by atoms with Crippen LogP contribution in [0.3, 0.4) is 0 Å². The van der Waals surface area contributed by atoms with E-state index in [4.69, 9.17) is 9.47 Å². The summed E-state index contributed by atoms with van der Waals surface area (Å²) in [6.07, 6.45) is 2.32. The van der Waals surface area contributed by atoms with Gasteiger partial charge in [-0.05, 0) is 73.2 Å². The van der Waals surface area contributed by atoms with Crippen LogP contribution in [0.4, 0.5) is 4.39 Å². The fraction of sp³-hybridized carbons (Fsp3) is 0.429. The van der Waals surface area contributed by atoms with Crippen molar-refractivity contribution in [3.63, 3.8) is 0 Å². The van der Waals surface area contributed by atoms with Crippen molar-refractivity contribution in [1.29, 1.82) is 0 Å². The minimum atomic E-state index is -0.253. The quantitative estimate of drug-likeness (QED) is 0.692. The number of hydrogen-bond donors (Lipinski definition) is 1. The van der Waals surface area contributed by atoms with Gasteiger partial charge in [0.25, 0.3) is 0 Å². The standard InChI is InChI=1S/C21H26FNO2/c1-15-10-18(15)13-23-9-8-16-6-7-20(21(12-16)24-2)25-14-17-4-3-5-19(22)11-17/h3-7,11-12,15,18,23H,8-10,13-14H2,1-2H3. The summed E-state index contributed by atoms with van der Waals surface area (Å²) >= 11 is 0. The van der Waals surface area contributed by atoms with Crippen LogP contribution < -0.4 is 14.8 Å². The lowest BCUT2D eigenvalue weighted by atomic mass is 10.1. The maximum Gasteiger partial charge on any atom is 0.161 e. The van der Waals surface area contributed by atoms with Crippen LogP contribution in [0.5, 0.6) is 11.5 Å². The zero-order valence-corrected chi connectivity index (χ0v) is 14.9. The molecule has 1 aliphatic carbocycles. The highest BCUT2D eigenvalue weighted by Crippen LogP contribution is 2.36. The summed E-state index contributed by atoms with van der Waals surface area (Å²) in [7, 11) is 1.64. The Bertz CT molecular complexity index is 704. The van der Waals surface area contributed by atoms with Gasteiger partial charge >= 0.3 is 0 Å². The molecular weight excluding hydrogens is 317 g/mol. The SMILES string of the molecule is COc1cc(CCNCC2CC2C)ccc1OCc1cccc(F)c1. The molecule has 1 fully saturated rings. The van der Waals surface area contributed by atoms with Crippen LogP contribution in [0.2, 0.25) is 0 Å². The fourth-order valence-electron chi connectivity index (χ4n) is 2.98. The summed E-state index contributed by atoms with van der Waals surface area (Å²) in [5.41, 5.74) is 2.01. The van der Waals surface area contributed by atoms with Gasteiger partial charge in [0.05, 0.1) is 7.11 Å². The minimum Gasteiger partial charge on any atom is -0.493 e. The average molecular weight is 343 g/mol. The Labute approximate surface area is 149 Å². The summed E-state index contributed by atoms with van der Waals surface area (Å²) in [6, 6.07) is 12.4. The summed E-state index contributed by atoms with van der Waals surface area (Å²) < 4.78 is 24.5. The first-order chi connectivity index (χ1) is 12.2. The Hall–Kier alpha value is -2.07. The number of rotatable bonds is 9. The van der Waals surface area contributed by atoms with Gasteiger partial charge in [0.15, 0.2) is 11.5 Å². The number of methoxy groups -OCH3 is 1. The molecule has 2 aromatic rings. The molecule has 3 rings (SSSR count). The summed E-state index contributed by atoms with van der Waals surface area (Å²) in [6.45, 7) is 4.71. The number of ether oxygens (including phenoxy) is 2. The van der Waals surface area contributed by atoms with Crippen molar-refractivity contribution in [3.8, 4) is 11.5 Å². The predicted octanol–water partition coefficient (Wildman–Crippen LogP) is 4.20. The van der Waals surface area contributed by atoms with Gasteiger partial charge in [0, 0.05) is 0 Å². The second kappa shape index (κ2) is 8.34. The molecule has 0 heterocycles. The minimum absolute atomic E-state index is 0.253. The maximum atomic E-state index is 13.2. The van der Waals surface area contributed by atoms with Gasteiger partial charge in [-0.3, -0.25) is 0 Å². The Kier molecular flexibility index (Phi) is 5.92. The number of halogens is 1. The van der Waals surface area contributed by atoms with Crippen molar-refractivity contribution in [2.24, 2.45) is 11.8 Å². The van der Waals surface area contributed by atoms with E-state index in [1.807, 2.05) is 18.2 Å². The average Bonchev–Trinajstić information content (AvgIpc) is 3.32. The molecule has 3 nitrogen and oxygen atoms in total. The number of hydrogen-bond acceptors (Lipinski definition) is 3. The van der Waals surface area contributed by atoms with Crippen molar-refractivity contribution in [2.75, 3.05) is 20.2 Å². The molecule has 4 heteroatoms. The number of nitrogens with one attached hydrogen (secondary N) is 1. The molecular formula is C21H26FNO2. The van der Waals surface area contributed by atoms with Crippen LogP contribution in [0.15, 0.2) is 42.5 Å². The third-order valence-electron chi connectivity index (χ3n) is 4.78. The van der Waals surface area contributed by atoms with Crippen molar-refractivity contribution in [2.45, 2.75) is 26.4 Å². The molecule has 0 aromatic heterocycles. The van der Waals surface area contributed by atoms with Crippen LogP contribution >= 0.6 is 0 Å². The van der Waals surface area contributed by atoms with Gasteiger partial charge in [0.2, 0.25) is 0 Å². The normalized spacial score (nSPS) is 18.8. The van der Waals surface area contributed by atoms with E-state index in [1.54, 1.807) is 13.2 Å². The summed E-state index contributed by atoms with van der Waals surface area (Å²) in [5, 5.41) is 3.52.